The van der Waals surface area contributed by atoms with Gasteiger partial charge in [-0.25, -0.2) is 0 Å². The number of aromatic nitrogens is 1. The van der Waals surface area contributed by atoms with Crippen molar-refractivity contribution >= 4 is 17.4 Å². The first-order chi connectivity index (χ1) is 5.25. The summed E-state index contributed by atoms with van der Waals surface area (Å²) in [5.41, 5.74) is 5.38. The van der Waals surface area contributed by atoms with E-state index in [9.17, 15) is 0 Å². The van der Waals surface area contributed by atoms with E-state index in [0.29, 0.717) is 10.8 Å². The Hall–Kier alpha value is -0.700. The maximum absolute atomic E-state index is 5.76. The van der Waals surface area contributed by atoms with Crippen molar-refractivity contribution in [1.82, 2.24) is 5.16 Å². The van der Waals surface area contributed by atoms with Crippen LogP contribution in [-0.2, 0) is 6.42 Å². The van der Waals surface area contributed by atoms with Gasteiger partial charge in [-0.1, -0.05) is 30.1 Å². The average molecular weight is 175 g/mol. The Morgan fingerprint density at radius 2 is 2.36 bits per heavy atom. The van der Waals surface area contributed by atoms with Crippen LogP contribution in [0.5, 0.6) is 0 Å². The number of unbranched alkanes of at least 4 members (excludes halogenated alkanes) is 1. The minimum atomic E-state index is 0.290. The van der Waals surface area contributed by atoms with Crippen LogP contribution in [-0.4, -0.2) is 5.16 Å². The molecular weight excluding hydrogens is 164 g/mol. The number of nitrogens with two attached hydrogens (primary N) is 1. The van der Waals surface area contributed by atoms with Crippen molar-refractivity contribution < 1.29 is 4.52 Å². The smallest absolute Gasteiger partial charge is 0.185 e. The van der Waals surface area contributed by atoms with Crippen LogP contribution in [0.25, 0.3) is 0 Å². The zero-order valence-corrected chi connectivity index (χ0v) is 7.19. The molecule has 2 N–H and O–H groups in total. The molecule has 1 heterocycles. The number of nitrogens with zero attached hydrogens (tertiary/aromatic N) is 1. The Labute approximate surface area is 70.5 Å². The van der Waals surface area contributed by atoms with E-state index < -0.39 is 0 Å². The summed E-state index contributed by atoms with van der Waals surface area (Å²) in [6.45, 7) is 2.10. The van der Waals surface area contributed by atoms with Crippen LogP contribution < -0.4 is 5.73 Å². The Kier molecular flexibility index (Phi) is 2.76. The van der Waals surface area contributed by atoms with E-state index in [1.807, 2.05) is 0 Å². The molecular formula is C7H11ClN2O. The lowest BCUT2D eigenvalue weighted by Gasteiger charge is -1.91. The number of aryl methyl sites for hydroxylation is 1. The minimum absolute atomic E-state index is 0.290. The highest BCUT2D eigenvalue weighted by Gasteiger charge is 2.09. The lowest BCUT2D eigenvalue weighted by Crippen LogP contribution is -1.85. The Balaban J connectivity index is 2.63. The molecule has 11 heavy (non-hydrogen) atoms. The number of anilines is 1. The number of rotatable bonds is 3. The molecule has 0 unspecified atom stereocenters. The fourth-order valence-electron chi connectivity index (χ4n) is 0.820. The number of halogens is 1. The summed E-state index contributed by atoms with van der Waals surface area (Å²) >= 11 is 5.76. The molecule has 0 bridgehead atoms. The highest BCUT2D eigenvalue weighted by Crippen LogP contribution is 2.23. The van der Waals surface area contributed by atoms with Crippen LogP contribution in [0, 0.1) is 0 Å². The highest BCUT2D eigenvalue weighted by molar-refractivity contribution is 6.33. The standard InChI is InChI=1S/C7H11ClN2O/c1-2-3-4-5-6(8)7(9)10-11-5/h2-4H2,1H3,(H2,9,10). The molecule has 0 aliphatic carbocycles. The van der Waals surface area contributed by atoms with Crippen molar-refractivity contribution in [1.29, 1.82) is 0 Å². The molecule has 0 aliphatic rings. The predicted molar refractivity (Wildman–Crippen MR) is 44.5 cm³/mol. The quantitative estimate of drug-likeness (QED) is 0.765. The molecule has 0 amide bonds. The van der Waals surface area contributed by atoms with Gasteiger partial charge in [0, 0.05) is 6.42 Å². The van der Waals surface area contributed by atoms with Gasteiger partial charge < -0.3 is 10.3 Å². The first kappa shape index (κ1) is 8.40. The van der Waals surface area contributed by atoms with Gasteiger partial charge in [0.05, 0.1) is 0 Å². The van der Waals surface area contributed by atoms with Gasteiger partial charge >= 0.3 is 0 Å². The van der Waals surface area contributed by atoms with E-state index in [0.717, 1.165) is 19.3 Å². The third-order valence-electron chi connectivity index (χ3n) is 1.48. The van der Waals surface area contributed by atoms with Gasteiger partial charge in [0.2, 0.25) is 0 Å². The van der Waals surface area contributed by atoms with Gasteiger partial charge in [0.1, 0.15) is 5.02 Å². The molecule has 0 radical (unpaired) electrons. The zero-order valence-electron chi connectivity index (χ0n) is 6.43. The largest absolute Gasteiger partial charge is 0.380 e. The number of hydrogen-bond donors (Lipinski definition) is 1. The van der Waals surface area contributed by atoms with Crippen LogP contribution in [0.15, 0.2) is 4.52 Å². The van der Waals surface area contributed by atoms with E-state index in [4.69, 9.17) is 21.9 Å². The summed E-state index contributed by atoms with van der Waals surface area (Å²) in [4.78, 5) is 0. The fraction of sp³-hybridized carbons (Fsp3) is 0.571. The summed E-state index contributed by atoms with van der Waals surface area (Å²) in [5.74, 6) is 0.990. The molecule has 1 aromatic heterocycles. The topological polar surface area (TPSA) is 52.0 Å². The van der Waals surface area contributed by atoms with Gasteiger partial charge in [-0.05, 0) is 6.42 Å². The van der Waals surface area contributed by atoms with Gasteiger partial charge in [-0.3, -0.25) is 0 Å². The minimum Gasteiger partial charge on any atom is -0.380 e. The van der Waals surface area contributed by atoms with E-state index in [-0.39, 0.29) is 5.82 Å². The van der Waals surface area contributed by atoms with E-state index in [1.165, 1.54) is 0 Å². The molecule has 0 aliphatic heterocycles. The van der Waals surface area contributed by atoms with Crippen molar-refractivity contribution in [3.05, 3.63) is 10.8 Å². The SMILES string of the molecule is CCCCc1onc(N)c1Cl. The normalized spacial score (nSPS) is 10.4. The van der Waals surface area contributed by atoms with Crippen molar-refractivity contribution in [2.24, 2.45) is 0 Å². The van der Waals surface area contributed by atoms with Gasteiger partial charge in [0.25, 0.3) is 0 Å². The van der Waals surface area contributed by atoms with Crippen LogP contribution in [0.4, 0.5) is 5.82 Å². The molecule has 0 fully saturated rings. The molecule has 0 aromatic carbocycles. The third kappa shape index (κ3) is 1.87. The van der Waals surface area contributed by atoms with Gasteiger partial charge in [-0.15, -0.1) is 0 Å². The highest BCUT2D eigenvalue weighted by atomic mass is 35.5. The predicted octanol–water partition coefficient (Wildman–Crippen LogP) is 2.25. The number of nitrogen functional groups attached to an aromatic ring is 1. The lowest BCUT2D eigenvalue weighted by atomic mass is 10.2. The second-order valence-electron chi connectivity index (χ2n) is 2.41. The summed E-state index contributed by atoms with van der Waals surface area (Å²) in [6, 6.07) is 0. The summed E-state index contributed by atoms with van der Waals surface area (Å²) in [5, 5.41) is 4.01. The lowest BCUT2D eigenvalue weighted by molar-refractivity contribution is 0.383. The second kappa shape index (κ2) is 3.62. The molecule has 1 aromatic rings. The van der Waals surface area contributed by atoms with Crippen molar-refractivity contribution in [2.75, 3.05) is 5.73 Å². The maximum Gasteiger partial charge on any atom is 0.185 e. The number of hydrogen-bond acceptors (Lipinski definition) is 3. The zero-order chi connectivity index (χ0) is 8.27. The molecule has 3 nitrogen and oxygen atoms in total. The third-order valence-corrected chi connectivity index (χ3v) is 1.89. The fourth-order valence-corrected chi connectivity index (χ4v) is 0.983. The summed E-state index contributed by atoms with van der Waals surface area (Å²) in [7, 11) is 0. The van der Waals surface area contributed by atoms with E-state index in [1.54, 1.807) is 0 Å². The first-order valence-corrected chi connectivity index (χ1v) is 4.03. The summed E-state index contributed by atoms with van der Waals surface area (Å²) in [6.07, 6.45) is 2.98. The monoisotopic (exact) mass is 174 g/mol. The van der Waals surface area contributed by atoms with Crippen molar-refractivity contribution in [3.63, 3.8) is 0 Å². The molecule has 1 rings (SSSR count). The Morgan fingerprint density at radius 3 is 2.82 bits per heavy atom. The van der Waals surface area contributed by atoms with E-state index in [2.05, 4.69) is 12.1 Å². The first-order valence-electron chi connectivity index (χ1n) is 3.65. The van der Waals surface area contributed by atoms with Gasteiger partial charge in [0.15, 0.2) is 11.6 Å². The molecule has 0 saturated heterocycles. The molecule has 0 saturated carbocycles. The average Bonchev–Trinajstić information content (AvgIpc) is 2.31. The van der Waals surface area contributed by atoms with Gasteiger partial charge in [-0.2, -0.15) is 0 Å². The molecule has 62 valence electrons. The summed E-state index contributed by atoms with van der Waals surface area (Å²) < 4.78 is 4.89. The second-order valence-corrected chi connectivity index (χ2v) is 2.79. The van der Waals surface area contributed by atoms with Crippen molar-refractivity contribution in [3.8, 4) is 0 Å². The molecule has 0 atom stereocenters. The van der Waals surface area contributed by atoms with Crippen LogP contribution in [0.1, 0.15) is 25.5 Å². The maximum atomic E-state index is 5.76. The van der Waals surface area contributed by atoms with Crippen LogP contribution in [0.3, 0.4) is 0 Å². The Morgan fingerprint density at radius 1 is 1.64 bits per heavy atom. The Bertz CT molecular complexity index is 234. The van der Waals surface area contributed by atoms with Crippen LogP contribution >= 0.6 is 11.6 Å². The van der Waals surface area contributed by atoms with Crippen molar-refractivity contribution in [2.45, 2.75) is 26.2 Å². The molecule has 4 heteroatoms. The van der Waals surface area contributed by atoms with Crippen LogP contribution in [0.2, 0.25) is 5.02 Å². The molecule has 0 spiro atoms. The van der Waals surface area contributed by atoms with E-state index >= 15 is 0 Å².